The van der Waals surface area contributed by atoms with E-state index < -0.39 is 0 Å². The number of nitrogens with zero attached hydrogens (tertiary/aromatic N) is 3. The van der Waals surface area contributed by atoms with Crippen molar-refractivity contribution in [1.29, 1.82) is 0 Å². The van der Waals surface area contributed by atoms with Gasteiger partial charge < -0.3 is 10.6 Å². The van der Waals surface area contributed by atoms with E-state index >= 15 is 0 Å². The molecule has 0 radical (unpaired) electrons. The molecular weight excluding hydrogens is 264 g/mol. The van der Waals surface area contributed by atoms with Gasteiger partial charge in [0.2, 0.25) is 0 Å². The molecular formula is C16H26N4O. The van der Waals surface area contributed by atoms with E-state index in [2.05, 4.69) is 9.88 Å². The molecule has 0 aliphatic carbocycles. The summed E-state index contributed by atoms with van der Waals surface area (Å²) in [5.41, 5.74) is 7.13. The van der Waals surface area contributed by atoms with Crippen LogP contribution in [0.1, 0.15) is 35.3 Å². The van der Waals surface area contributed by atoms with E-state index in [0.717, 1.165) is 51.4 Å². The van der Waals surface area contributed by atoms with Crippen molar-refractivity contribution in [1.82, 2.24) is 14.8 Å². The van der Waals surface area contributed by atoms with Crippen LogP contribution in [0.2, 0.25) is 0 Å². The van der Waals surface area contributed by atoms with Crippen molar-refractivity contribution in [2.75, 3.05) is 39.3 Å². The Morgan fingerprint density at radius 3 is 2.57 bits per heavy atom. The van der Waals surface area contributed by atoms with Gasteiger partial charge in [-0.05, 0) is 45.0 Å². The van der Waals surface area contributed by atoms with Crippen LogP contribution in [0.5, 0.6) is 0 Å². The molecule has 2 heterocycles. The highest BCUT2D eigenvalue weighted by molar-refractivity contribution is 5.94. The third-order valence-electron chi connectivity index (χ3n) is 4.00. The van der Waals surface area contributed by atoms with E-state index in [1.54, 1.807) is 6.20 Å². The smallest absolute Gasteiger partial charge is 0.255 e. The molecule has 0 spiro atoms. The fourth-order valence-electron chi connectivity index (χ4n) is 2.61. The average Bonchev–Trinajstić information content (AvgIpc) is 2.52. The van der Waals surface area contributed by atoms with Gasteiger partial charge in [0.15, 0.2) is 0 Å². The molecule has 0 unspecified atom stereocenters. The summed E-state index contributed by atoms with van der Waals surface area (Å²) in [6.45, 7) is 7.38. The molecule has 1 aliphatic rings. The summed E-state index contributed by atoms with van der Waals surface area (Å²) >= 11 is 0. The lowest BCUT2D eigenvalue weighted by Crippen LogP contribution is -2.48. The largest absolute Gasteiger partial charge is 0.336 e. The van der Waals surface area contributed by atoms with Crippen molar-refractivity contribution in [3.05, 3.63) is 29.6 Å². The van der Waals surface area contributed by atoms with Crippen molar-refractivity contribution in [3.63, 3.8) is 0 Å². The molecule has 5 heteroatoms. The van der Waals surface area contributed by atoms with E-state index in [1.165, 1.54) is 12.8 Å². The summed E-state index contributed by atoms with van der Waals surface area (Å²) in [4.78, 5) is 20.9. The van der Waals surface area contributed by atoms with Gasteiger partial charge >= 0.3 is 0 Å². The highest BCUT2D eigenvalue weighted by atomic mass is 16.2. The zero-order chi connectivity index (χ0) is 15.1. The first-order chi connectivity index (χ1) is 10.2. The maximum Gasteiger partial charge on any atom is 0.255 e. The Kier molecular flexibility index (Phi) is 6.14. The number of pyridine rings is 1. The van der Waals surface area contributed by atoms with Crippen LogP contribution in [0.25, 0.3) is 0 Å². The Labute approximate surface area is 127 Å². The molecule has 1 aromatic rings. The van der Waals surface area contributed by atoms with E-state index in [0.29, 0.717) is 5.56 Å². The van der Waals surface area contributed by atoms with E-state index in [4.69, 9.17) is 5.73 Å². The fourth-order valence-corrected chi connectivity index (χ4v) is 2.61. The molecule has 21 heavy (non-hydrogen) atoms. The predicted molar refractivity (Wildman–Crippen MR) is 84.2 cm³/mol. The van der Waals surface area contributed by atoms with Gasteiger partial charge in [-0.2, -0.15) is 0 Å². The number of piperazine rings is 1. The van der Waals surface area contributed by atoms with Crippen LogP contribution in [0.3, 0.4) is 0 Å². The molecule has 1 aromatic heterocycles. The van der Waals surface area contributed by atoms with Crippen molar-refractivity contribution < 1.29 is 4.79 Å². The first-order valence-electron chi connectivity index (χ1n) is 7.85. The quantitative estimate of drug-likeness (QED) is 0.802. The molecule has 1 aliphatic heterocycles. The summed E-state index contributed by atoms with van der Waals surface area (Å²) < 4.78 is 0. The summed E-state index contributed by atoms with van der Waals surface area (Å²) in [6, 6.07) is 3.75. The van der Waals surface area contributed by atoms with Crippen LogP contribution in [-0.2, 0) is 0 Å². The van der Waals surface area contributed by atoms with E-state index in [-0.39, 0.29) is 5.91 Å². The SMILES string of the molecule is Cc1ccc(C(=O)N2CCN(CCCCCN)CC2)cn1. The molecule has 1 amide bonds. The number of carbonyl (C=O) groups is 1. The third kappa shape index (κ3) is 4.79. The van der Waals surface area contributed by atoms with Crippen molar-refractivity contribution in [2.45, 2.75) is 26.2 Å². The second-order valence-electron chi connectivity index (χ2n) is 5.67. The Balaban J connectivity index is 1.75. The Hall–Kier alpha value is -1.46. The Bertz CT molecular complexity index is 438. The zero-order valence-electron chi connectivity index (χ0n) is 12.9. The minimum atomic E-state index is 0.102. The van der Waals surface area contributed by atoms with Gasteiger partial charge in [0.25, 0.3) is 5.91 Å². The topological polar surface area (TPSA) is 62.5 Å². The molecule has 0 saturated carbocycles. The van der Waals surface area contributed by atoms with Gasteiger partial charge in [0, 0.05) is 38.1 Å². The summed E-state index contributed by atoms with van der Waals surface area (Å²) in [5.74, 6) is 0.102. The molecule has 1 saturated heterocycles. The maximum absolute atomic E-state index is 12.4. The lowest BCUT2D eigenvalue weighted by Gasteiger charge is -2.34. The summed E-state index contributed by atoms with van der Waals surface area (Å²) in [5, 5.41) is 0. The van der Waals surface area contributed by atoms with Gasteiger partial charge in [-0.15, -0.1) is 0 Å². The molecule has 2 N–H and O–H groups in total. The van der Waals surface area contributed by atoms with Crippen LogP contribution >= 0.6 is 0 Å². The van der Waals surface area contributed by atoms with E-state index in [1.807, 2.05) is 24.0 Å². The molecule has 1 fully saturated rings. The Morgan fingerprint density at radius 1 is 1.19 bits per heavy atom. The van der Waals surface area contributed by atoms with Gasteiger partial charge in [-0.1, -0.05) is 6.42 Å². The van der Waals surface area contributed by atoms with Gasteiger partial charge in [0.05, 0.1) is 5.56 Å². The molecule has 0 aromatic carbocycles. The minimum Gasteiger partial charge on any atom is -0.336 e. The van der Waals surface area contributed by atoms with Crippen LogP contribution in [0.15, 0.2) is 18.3 Å². The monoisotopic (exact) mass is 290 g/mol. The number of rotatable bonds is 6. The van der Waals surface area contributed by atoms with Crippen LogP contribution < -0.4 is 5.73 Å². The second kappa shape index (κ2) is 8.10. The van der Waals surface area contributed by atoms with Crippen LogP contribution in [0.4, 0.5) is 0 Å². The van der Waals surface area contributed by atoms with E-state index in [9.17, 15) is 4.79 Å². The normalized spacial score (nSPS) is 16.2. The zero-order valence-corrected chi connectivity index (χ0v) is 12.9. The molecule has 5 nitrogen and oxygen atoms in total. The first-order valence-corrected chi connectivity index (χ1v) is 7.85. The second-order valence-corrected chi connectivity index (χ2v) is 5.67. The van der Waals surface area contributed by atoms with Crippen molar-refractivity contribution in [3.8, 4) is 0 Å². The first kappa shape index (κ1) is 15.9. The number of unbranched alkanes of at least 4 members (excludes halogenated alkanes) is 2. The molecule has 116 valence electrons. The van der Waals surface area contributed by atoms with Gasteiger partial charge in [0.1, 0.15) is 0 Å². The third-order valence-corrected chi connectivity index (χ3v) is 4.00. The number of nitrogens with two attached hydrogens (primary N) is 1. The maximum atomic E-state index is 12.4. The number of aryl methyl sites for hydroxylation is 1. The summed E-state index contributed by atoms with van der Waals surface area (Å²) in [6.07, 6.45) is 5.19. The number of amides is 1. The van der Waals surface area contributed by atoms with Crippen LogP contribution in [0, 0.1) is 6.92 Å². The van der Waals surface area contributed by atoms with Gasteiger partial charge in [-0.3, -0.25) is 14.7 Å². The highest BCUT2D eigenvalue weighted by Gasteiger charge is 2.21. The number of carbonyl (C=O) groups excluding carboxylic acids is 1. The standard InChI is InChI=1S/C16H26N4O/c1-14-5-6-15(13-18-14)16(21)20-11-9-19(10-12-20)8-4-2-3-7-17/h5-6,13H,2-4,7-12,17H2,1H3. The number of hydrogen-bond acceptors (Lipinski definition) is 4. The molecule has 0 atom stereocenters. The lowest BCUT2D eigenvalue weighted by atomic mass is 10.2. The number of aromatic nitrogens is 1. The fraction of sp³-hybridized carbons (Fsp3) is 0.625. The average molecular weight is 290 g/mol. The highest BCUT2D eigenvalue weighted by Crippen LogP contribution is 2.09. The molecule has 0 bridgehead atoms. The van der Waals surface area contributed by atoms with Gasteiger partial charge in [-0.25, -0.2) is 0 Å². The number of hydrogen-bond donors (Lipinski definition) is 1. The predicted octanol–water partition coefficient (Wildman–Crippen LogP) is 1.28. The van der Waals surface area contributed by atoms with Crippen molar-refractivity contribution in [2.24, 2.45) is 5.73 Å². The molecule has 2 rings (SSSR count). The lowest BCUT2D eigenvalue weighted by molar-refractivity contribution is 0.0635. The Morgan fingerprint density at radius 2 is 1.95 bits per heavy atom. The summed E-state index contributed by atoms with van der Waals surface area (Å²) in [7, 11) is 0. The van der Waals surface area contributed by atoms with Crippen molar-refractivity contribution >= 4 is 5.91 Å². The van der Waals surface area contributed by atoms with Crippen LogP contribution in [-0.4, -0.2) is 60.0 Å². The minimum absolute atomic E-state index is 0.102.